The average Bonchev–Trinajstić information content (AvgIpc) is 3.32. The monoisotopic (exact) mass is 417 g/mol. The summed E-state index contributed by atoms with van der Waals surface area (Å²) in [6.07, 6.45) is -2.64. The van der Waals surface area contributed by atoms with Crippen LogP contribution in [0.2, 0.25) is 0 Å². The summed E-state index contributed by atoms with van der Waals surface area (Å²) >= 11 is 0. The fraction of sp³-hybridized carbons (Fsp3) is 0.364. The van der Waals surface area contributed by atoms with Gasteiger partial charge in [0.05, 0.1) is 23.4 Å². The van der Waals surface area contributed by atoms with E-state index in [1.54, 1.807) is 0 Å². The highest BCUT2D eigenvalue weighted by Crippen LogP contribution is 2.36. The van der Waals surface area contributed by atoms with Crippen molar-refractivity contribution in [3.05, 3.63) is 52.7 Å². The summed E-state index contributed by atoms with van der Waals surface area (Å²) in [4.78, 5) is 14.7. The number of halogens is 3. The van der Waals surface area contributed by atoms with Crippen LogP contribution >= 0.6 is 0 Å². The second-order valence-corrected chi connectivity index (χ2v) is 7.74. The van der Waals surface area contributed by atoms with Crippen LogP contribution in [0.15, 0.2) is 34.9 Å². The number of hydrogen-bond donors (Lipinski definition) is 1. The zero-order chi connectivity index (χ0) is 21.5. The van der Waals surface area contributed by atoms with Crippen molar-refractivity contribution in [3.8, 4) is 0 Å². The second-order valence-electron chi connectivity index (χ2n) is 7.74. The maximum atomic E-state index is 13.2. The molecule has 0 unspecified atom stereocenters. The van der Waals surface area contributed by atoms with Crippen LogP contribution in [0.4, 0.5) is 24.5 Å². The highest BCUT2D eigenvalue weighted by molar-refractivity contribution is 5.97. The van der Waals surface area contributed by atoms with Gasteiger partial charge in [0, 0.05) is 18.5 Å². The molecule has 5 nitrogen and oxygen atoms in total. The van der Waals surface area contributed by atoms with Crippen LogP contribution in [0.5, 0.6) is 0 Å². The maximum absolute atomic E-state index is 13.2. The number of aromatic nitrogens is 1. The van der Waals surface area contributed by atoms with Gasteiger partial charge in [-0.15, -0.1) is 0 Å². The van der Waals surface area contributed by atoms with Gasteiger partial charge in [0.2, 0.25) is 5.91 Å². The van der Waals surface area contributed by atoms with Gasteiger partial charge in [-0.05, 0) is 62.1 Å². The van der Waals surface area contributed by atoms with Crippen molar-refractivity contribution in [1.82, 2.24) is 5.16 Å². The average molecular weight is 417 g/mol. The van der Waals surface area contributed by atoms with Crippen molar-refractivity contribution in [2.75, 3.05) is 23.3 Å². The Morgan fingerprint density at radius 3 is 2.60 bits per heavy atom. The number of nitrogens with one attached hydrogen (secondary N) is 1. The van der Waals surface area contributed by atoms with Crippen molar-refractivity contribution >= 4 is 28.3 Å². The first-order valence-electron chi connectivity index (χ1n) is 9.84. The number of benzene rings is 2. The molecule has 1 amide bonds. The Morgan fingerprint density at radius 2 is 1.90 bits per heavy atom. The molecule has 0 spiro atoms. The topological polar surface area (TPSA) is 58.4 Å². The van der Waals surface area contributed by atoms with Gasteiger partial charge >= 0.3 is 6.18 Å². The number of rotatable bonds is 4. The summed E-state index contributed by atoms with van der Waals surface area (Å²) in [5, 5.41) is 7.42. The van der Waals surface area contributed by atoms with Crippen LogP contribution in [0.3, 0.4) is 0 Å². The lowest BCUT2D eigenvalue weighted by Crippen LogP contribution is -2.22. The Balaban J connectivity index is 1.62. The summed E-state index contributed by atoms with van der Waals surface area (Å²) in [6.45, 7) is 5.34. The molecule has 1 fully saturated rings. The lowest BCUT2D eigenvalue weighted by atomic mass is 10.1. The molecular weight excluding hydrogens is 395 g/mol. The van der Waals surface area contributed by atoms with Gasteiger partial charge in [-0.2, -0.15) is 13.2 Å². The molecule has 4 rings (SSSR count). The van der Waals surface area contributed by atoms with E-state index in [0.717, 1.165) is 54.6 Å². The van der Waals surface area contributed by atoms with Crippen molar-refractivity contribution in [2.24, 2.45) is 0 Å². The Morgan fingerprint density at radius 1 is 1.17 bits per heavy atom. The number of carbonyl (C=O) groups excluding carboxylic acids is 1. The van der Waals surface area contributed by atoms with Crippen LogP contribution < -0.4 is 10.2 Å². The second kappa shape index (κ2) is 7.66. The molecular formula is C22H22F3N3O2. The highest BCUT2D eigenvalue weighted by atomic mass is 19.4. The molecule has 2 aromatic carbocycles. The maximum Gasteiger partial charge on any atom is 0.416 e. The Bertz CT molecular complexity index is 1100. The predicted octanol–water partition coefficient (Wildman–Crippen LogP) is 5.24. The van der Waals surface area contributed by atoms with Crippen molar-refractivity contribution in [1.29, 1.82) is 0 Å². The van der Waals surface area contributed by atoms with Crippen molar-refractivity contribution < 1.29 is 22.5 Å². The summed E-state index contributed by atoms with van der Waals surface area (Å²) in [5.74, 6) is -0.441. The minimum absolute atomic E-state index is 0.0917. The molecule has 158 valence electrons. The summed E-state index contributed by atoms with van der Waals surface area (Å²) < 4.78 is 45.0. The summed E-state index contributed by atoms with van der Waals surface area (Å²) in [7, 11) is 0. The third kappa shape index (κ3) is 3.99. The van der Waals surface area contributed by atoms with E-state index in [9.17, 15) is 18.0 Å². The molecule has 3 aromatic rings. The quantitative estimate of drug-likeness (QED) is 0.630. The third-order valence-corrected chi connectivity index (χ3v) is 5.35. The Kier molecular flexibility index (Phi) is 5.17. The molecule has 2 heterocycles. The fourth-order valence-corrected chi connectivity index (χ4v) is 3.96. The zero-order valence-corrected chi connectivity index (χ0v) is 16.8. The summed E-state index contributed by atoms with van der Waals surface area (Å²) in [6, 6.07) is 7.34. The molecule has 0 aliphatic carbocycles. The molecule has 1 saturated heterocycles. The van der Waals surface area contributed by atoms with Crippen LogP contribution in [0.25, 0.3) is 11.0 Å². The number of fused-ring (bicyclic) bond motifs is 1. The van der Waals surface area contributed by atoms with E-state index >= 15 is 0 Å². The largest absolute Gasteiger partial charge is 0.416 e. The van der Waals surface area contributed by atoms with E-state index in [0.29, 0.717) is 17.0 Å². The molecule has 0 saturated carbocycles. The molecule has 1 aliphatic heterocycles. The van der Waals surface area contributed by atoms with E-state index < -0.39 is 17.6 Å². The number of anilines is 2. The summed E-state index contributed by atoms with van der Waals surface area (Å²) in [5.41, 5.74) is 2.97. The predicted molar refractivity (Wildman–Crippen MR) is 109 cm³/mol. The van der Waals surface area contributed by atoms with Gasteiger partial charge in [-0.3, -0.25) is 4.79 Å². The van der Waals surface area contributed by atoms with Crippen molar-refractivity contribution in [3.63, 3.8) is 0 Å². The third-order valence-electron chi connectivity index (χ3n) is 5.35. The number of amides is 1. The van der Waals surface area contributed by atoms with E-state index in [2.05, 4.69) is 10.5 Å². The van der Waals surface area contributed by atoms with Gasteiger partial charge < -0.3 is 14.7 Å². The van der Waals surface area contributed by atoms with Gasteiger partial charge in [-0.25, -0.2) is 0 Å². The SMILES string of the molecule is Cc1cc(C)c2onc(CC(=O)Nc3cc(C(F)(F)F)ccc3N3CCCC3)c2c1. The number of carbonyl (C=O) groups is 1. The molecule has 0 radical (unpaired) electrons. The first-order chi connectivity index (χ1) is 14.2. The van der Waals surface area contributed by atoms with E-state index in [1.807, 2.05) is 30.9 Å². The Labute approximate surface area is 171 Å². The lowest BCUT2D eigenvalue weighted by molar-refractivity contribution is -0.137. The molecule has 8 heteroatoms. The minimum Gasteiger partial charge on any atom is -0.370 e. The number of alkyl halides is 3. The molecule has 1 aromatic heterocycles. The van der Waals surface area contributed by atoms with Crippen molar-refractivity contribution in [2.45, 2.75) is 39.3 Å². The van der Waals surface area contributed by atoms with Gasteiger partial charge in [0.25, 0.3) is 0 Å². The molecule has 1 aliphatic rings. The smallest absolute Gasteiger partial charge is 0.370 e. The lowest BCUT2D eigenvalue weighted by Gasteiger charge is -2.23. The van der Waals surface area contributed by atoms with Crippen LogP contribution in [0, 0.1) is 13.8 Å². The van der Waals surface area contributed by atoms with E-state index in [-0.39, 0.29) is 12.1 Å². The molecule has 30 heavy (non-hydrogen) atoms. The Hall–Kier alpha value is -3.03. The minimum atomic E-state index is -4.49. The van der Waals surface area contributed by atoms with Gasteiger partial charge in [-0.1, -0.05) is 11.2 Å². The number of aryl methyl sites for hydroxylation is 2. The van der Waals surface area contributed by atoms with Gasteiger partial charge in [0.1, 0.15) is 5.69 Å². The highest BCUT2D eigenvalue weighted by Gasteiger charge is 2.32. The van der Waals surface area contributed by atoms with Crippen LogP contribution in [-0.4, -0.2) is 24.2 Å². The number of hydrogen-bond acceptors (Lipinski definition) is 4. The van der Waals surface area contributed by atoms with Crippen LogP contribution in [0.1, 0.15) is 35.2 Å². The van der Waals surface area contributed by atoms with E-state index in [1.165, 1.54) is 6.07 Å². The number of nitrogens with zero attached hydrogens (tertiary/aromatic N) is 2. The zero-order valence-electron chi connectivity index (χ0n) is 16.8. The van der Waals surface area contributed by atoms with Crippen LogP contribution in [-0.2, 0) is 17.4 Å². The normalized spacial score (nSPS) is 14.5. The first kappa shape index (κ1) is 20.3. The first-order valence-corrected chi connectivity index (χ1v) is 9.84. The molecule has 0 bridgehead atoms. The fourth-order valence-electron chi connectivity index (χ4n) is 3.96. The van der Waals surface area contributed by atoms with E-state index in [4.69, 9.17) is 4.52 Å². The molecule has 1 N–H and O–H groups in total. The standard InChI is InChI=1S/C22H22F3N3O2/c1-13-9-14(2)21-16(10-13)17(27-30-21)12-20(29)26-18-11-15(22(23,24)25)5-6-19(18)28-7-3-4-8-28/h5-6,9-11H,3-4,7-8,12H2,1-2H3,(H,26,29). The molecule has 0 atom stereocenters. The van der Waals surface area contributed by atoms with Gasteiger partial charge in [0.15, 0.2) is 5.58 Å².